The summed E-state index contributed by atoms with van der Waals surface area (Å²) in [6, 6.07) is 46.5. The molecule has 0 atom stereocenters. The molecule has 0 amide bonds. The molecule has 3 nitrogen and oxygen atoms in total. The van der Waals surface area contributed by atoms with Crippen LogP contribution in [0.2, 0.25) is 0 Å². The highest BCUT2D eigenvalue weighted by atomic mass is 15.0. The van der Waals surface area contributed by atoms with Crippen LogP contribution in [0.1, 0.15) is 26.6 Å². The number of hydrogen-bond donors (Lipinski definition) is 0. The molecule has 5 aromatic carbocycles. The smallest absolute Gasteiger partial charge is 0.163 e. The van der Waals surface area contributed by atoms with Crippen LogP contribution in [0.5, 0.6) is 0 Å². The molecule has 0 spiro atoms. The summed E-state index contributed by atoms with van der Waals surface area (Å²) in [5.41, 5.74) is 8.86. The van der Waals surface area contributed by atoms with Crippen LogP contribution in [0.15, 0.2) is 133 Å². The van der Waals surface area contributed by atoms with Crippen molar-refractivity contribution in [1.82, 2.24) is 15.0 Å². The Morgan fingerprint density at radius 3 is 0.900 bits per heavy atom. The topological polar surface area (TPSA) is 38.7 Å². The third-order valence-electron chi connectivity index (χ3n) is 7.02. The van der Waals surface area contributed by atoms with E-state index in [2.05, 4.69) is 142 Å². The summed E-state index contributed by atoms with van der Waals surface area (Å²) >= 11 is 0. The first-order chi connectivity index (χ1) is 19.4. The molecule has 0 unspecified atom stereocenters. The van der Waals surface area contributed by atoms with Crippen LogP contribution in [0.3, 0.4) is 0 Å². The van der Waals surface area contributed by atoms with Crippen molar-refractivity contribution in [3.05, 3.63) is 139 Å². The van der Waals surface area contributed by atoms with E-state index in [9.17, 15) is 0 Å². The van der Waals surface area contributed by atoms with Crippen LogP contribution < -0.4 is 0 Å². The van der Waals surface area contributed by atoms with Crippen LogP contribution >= 0.6 is 0 Å². The molecule has 6 aromatic rings. The Bertz CT molecular complexity index is 1720. The Morgan fingerprint density at radius 2 is 0.600 bits per heavy atom. The standard InChI is InChI=1S/C37H31N3/c1-37(2,3)36-39-34(32-22-18-29(19-23-32)27-12-8-5-9-13-27)38-35(40-36)33-24-20-31(21-25-33)30-16-14-28(15-17-30)26-10-6-4-7-11-26/h4-25H,1-3H3. The third kappa shape index (κ3) is 5.45. The Hall–Kier alpha value is -4.89. The molecular weight excluding hydrogens is 486 g/mol. The minimum absolute atomic E-state index is 0.211. The lowest BCUT2D eigenvalue weighted by molar-refractivity contribution is 0.543. The molecule has 0 aliphatic carbocycles. The van der Waals surface area contributed by atoms with Gasteiger partial charge in [-0.1, -0.05) is 154 Å². The van der Waals surface area contributed by atoms with Crippen molar-refractivity contribution >= 4 is 0 Å². The first-order valence-electron chi connectivity index (χ1n) is 13.6. The second kappa shape index (κ2) is 10.7. The second-order valence-corrected chi connectivity index (χ2v) is 11.0. The van der Waals surface area contributed by atoms with Crippen molar-refractivity contribution in [2.75, 3.05) is 0 Å². The van der Waals surface area contributed by atoms with E-state index in [1.54, 1.807) is 0 Å². The predicted octanol–water partition coefficient (Wildman–Crippen LogP) is 9.50. The Balaban J connectivity index is 1.31. The number of rotatable bonds is 5. The van der Waals surface area contributed by atoms with Crippen LogP contribution in [0.25, 0.3) is 56.2 Å². The third-order valence-corrected chi connectivity index (χ3v) is 7.02. The van der Waals surface area contributed by atoms with Gasteiger partial charge in [-0.15, -0.1) is 0 Å². The van der Waals surface area contributed by atoms with Crippen LogP contribution in [0, 0.1) is 0 Å². The highest BCUT2D eigenvalue weighted by Crippen LogP contribution is 2.30. The maximum absolute atomic E-state index is 4.92. The van der Waals surface area contributed by atoms with Crippen LogP contribution in [0.4, 0.5) is 0 Å². The average molecular weight is 518 g/mol. The molecule has 0 aliphatic heterocycles. The van der Waals surface area contributed by atoms with Gasteiger partial charge < -0.3 is 0 Å². The molecule has 0 N–H and O–H groups in total. The molecule has 3 heteroatoms. The summed E-state index contributed by atoms with van der Waals surface area (Å²) in [7, 11) is 0. The summed E-state index contributed by atoms with van der Waals surface area (Å²) in [4.78, 5) is 14.7. The van der Waals surface area contributed by atoms with E-state index < -0.39 is 0 Å². The largest absolute Gasteiger partial charge is 0.212 e. The molecule has 1 heterocycles. The lowest BCUT2D eigenvalue weighted by Crippen LogP contribution is -2.18. The lowest BCUT2D eigenvalue weighted by Gasteiger charge is -2.18. The molecule has 40 heavy (non-hydrogen) atoms. The fourth-order valence-electron chi connectivity index (χ4n) is 4.71. The normalized spacial score (nSPS) is 11.4. The summed E-state index contributed by atoms with van der Waals surface area (Å²) in [5.74, 6) is 2.16. The molecule has 1 aromatic heterocycles. The monoisotopic (exact) mass is 517 g/mol. The molecule has 0 bridgehead atoms. The summed E-state index contributed by atoms with van der Waals surface area (Å²) < 4.78 is 0. The highest BCUT2D eigenvalue weighted by molar-refractivity contribution is 5.73. The molecule has 0 fully saturated rings. The first kappa shape index (κ1) is 25.4. The molecule has 0 aliphatic rings. The van der Waals surface area contributed by atoms with Gasteiger partial charge >= 0.3 is 0 Å². The molecule has 6 rings (SSSR count). The molecule has 0 saturated heterocycles. The number of hydrogen-bond acceptors (Lipinski definition) is 3. The van der Waals surface area contributed by atoms with Gasteiger partial charge in [0, 0.05) is 16.5 Å². The molecule has 194 valence electrons. The van der Waals surface area contributed by atoms with E-state index in [1.165, 1.54) is 27.8 Å². The van der Waals surface area contributed by atoms with Gasteiger partial charge in [-0.3, -0.25) is 0 Å². The van der Waals surface area contributed by atoms with Crippen LogP contribution in [-0.2, 0) is 5.41 Å². The molecule has 0 saturated carbocycles. The van der Waals surface area contributed by atoms with Gasteiger partial charge in [0.1, 0.15) is 5.82 Å². The number of nitrogens with zero attached hydrogens (tertiary/aromatic N) is 3. The fraction of sp³-hybridized carbons (Fsp3) is 0.108. The van der Waals surface area contributed by atoms with Gasteiger partial charge in [-0.05, 0) is 33.4 Å². The summed E-state index contributed by atoms with van der Waals surface area (Å²) in [5, 5.41) is 0. The zero-order valence-electron chi connectivity index (χ0n) is 23.0. The van der Waals surface area contributed by atoms with E-state index in [0.29, 0.717) is 11.6 Å². The van der Waals surface area contributed by atoms with E-state index >= 15 is 0 Å². The van der Waals surface area contributed by atoms with E-state index in [1.807, 2.05) is 12.1 Å². The van der Waals surface area contributed by atoms with Crippen molar-refractivity contribution in [1.29, 1.82) is 0 Å². The van der Waals surface area contributed by atoms with Crippen molar-refractivity contribution < 1.29 is 0 Å². The highest BCUT2D eigenvalue weighted by Gasteiger charge is 2.21. The van der Waals surface area contributed by atoms with Gasteiger partial charge in [-0.25, -0.2) is 15.0 Å². The minimum Gasteiger partial charge on any atom is -0.212 e. The van der Waals surface area contributed by atoms with Gasteiger partial charge in [0.15, 0.2) is 11.6 Å². The van der Waals surface area contributed by atoms with E-state index in [4.69, 9.17) is 15.0 Å². The average Bonchev–Trinajstić information content (AvgIpc) is 3.01. The van der Waals surface area contributed by atoms with Crippen molar-refractivity contribution in [2.45, 2.75) is 26.2 Å². The van der Waals surface area contributed by atoms with Crippen molar-refractivity contribution in [3.63, 3.8) is 0 Å². The maximum Gasteiger partial charge on any atom is 0.163 e. The van der Waals surface area contributed by atoms with Gasteiger partial charge in [0.25, 0.3) is 0 Å². The van der Waals surface area contributed by atoms with Gasteiger partial charge in [0.05, 0.1) is 0 Å². The fourth-order valence-corrected chi connectivity index (χ4v) is 4.71. The Kier molecular flexibility index (Phi) is 6.79. The van der Waals surface area contributed by atoms with E-state index in [-0.39, 0.29) is 5.41 Å². The zero-order valence-corrected chi connectivity index (χ0v) is 23.0. The number of benzene rings is 5. The lowest BCUT2D eigenvalue weighted by atomic mass is 9.95. The minimum atomic E-state index is -0.211. The van der Waals surface area contributed by atoms with Crippen molar-refractivity contribution in [3.8, 4) is 56.2 Å². The van der Waals surface area contributed by atoms with Gasteiger partial charge in [-0.2, -0.15) is 0 Å². The Labute approximate surface area is 236 Å². The second-order valence-electron chi connectivity index (χ2n) is 11.0. The molecular formula is C37H31N3. The summed E-state index contributed by atoms with van der Waals surface area (Å²) in [6.07, 6.45) is 0. The maximum atomic E-state index is 4.92. The predicted molar refractivity (Wildman–Crippen MR) is 166 cm³/mol. The summed E-state index contributed by atoms with van der Waals surface area (Å²) in [6.45, 7) is 6.41. The first-order valence-corrected chi connectivity index (χ1v) is 13.6. The van der Waals surface area contributed by atoms with Crippen molar-refractivity contribution in [2.24, 2.45) is 0 Å². The molecule has 0 radical (unpaired) electrons. The number of aromatic nitrogens is 3. The zero-order chi connectivity index (χ0) is 27.5. The SMILES string of the molecule is CC(C)(C)c1nc(-c2ccc(-c3ccccc3)cc2)nc(-c2ccc(-c3ccc(-c4ccccc4)cc3)cc2)n1. The van der Waals surface area contributed by atoms with Crippen LogP contribution in [-0.4, -0.2) is 15.0 Å². The van der Waals surface area contributed by atoms with Gasteiger partial charge in [0.2, 0.25) is 0 Å². The Morgan fingerprint density at radius 1 is 0.325 bits per heavy atom. The van der Waals surface area contributed by atoms with E-state index in [0.717, 1.165) is 22.5 Å². The quantitative estimate of drug-likeness (QED) is 0.229.